The third-order valence-corrected chi connectivity index (χ3v) is 4.00. The largest absolute Gasteiger partial charge is 0.361 e. The molecule has 1 unspecified atom stereocenters. The highest BCUT2D eigenvalue weighted by Gasteiger charge is 2.19. The Morgan fingerprint density at radius 2 is 1.75 bits per heavy atom. The van der Waals surface area contributed by atoms with Crippen LogP contribution in [0.1, 0.15) is 34.2 Å². The quantitative estimate of drug-likeness (QED) is 0.784. The zero-order chi connectivity index (χ0) is 16.9. The van der Waals surface area contributed by atoms with E-state index < -0.39 is 0 Å². The molecule has 24 heavy (non-hydrogen) atoms. The van der Waals surface area contributed by atoms with Gasteiger partial charge >= 0.3 is 0 Å². The van der Waals surface area contributed by atoms with Crippen molar-refractivity contribution in [2.75, 3.05) is 0 Å². The molecule has 0 fully saturated rings. The molecule has 0 aliphatic rings. The summed E-state index contributed by atoms with van der Waals surface area (Å²) in [6.07, 6.45) is 3.70. The van der Waals surface area contributed by atoms with Crippen molar-refractivity contribution in [1.29, 1.82) is 0 Å². The van der Waals surface area contributed by atoms with Gasteiger partial charge in [0.1, 0.15) is 5.76 Å². The van der Waals surface area contributed by atoms with Gasteiger partial charge in [0.05, 0.1) is 18.2 Å². The predicted molar refractivity (Wildman–Crippen MR) is 90.3 cm³/mol. The Balaban J connectivity index is 1.83. The number of benzene rings is 1. The van der Waals surface area contributed by atoms with Crippen molar-refractivity contribution in [1.82, 2.24) is 15.5 Å². The van der Waals surface area contributed by atoms with E-state index in [1.54, 1.807) is 12.4 Å². The first-order chi connectivity index (χ1) is 11.6. The van der Waals surface area contributed by atoms with Gasteiger partial charge in [0, 0.05) is 18.0 Å². The van der Waals surface area contributed by atoms with Gasteiger partial charge in [0.25, 0.3) is 0 Å². The minimum absolute atomic E-state index is 0.0740. The first-order valence-corrected chi connectivity index (χ1v) is 7.81. The lowest BCUT2D eigenvalue weighted by Crippen LogP contribution is -2.30. The van der Waals surface area contributed by atoms with Gasteiger partial charge in [-0.3, -0.25) is 9.78 Å². The fourth-order valence-electron chi connectivity index (χ4n) is 2.69. The van der Waals surface area contributed by atoms with Gasteiger partial charge in [-0.25, -0.2) is 0 Å². The third kappa shape index (κ3) is 3.51. The molecule has 122 valence electrons. The van der Waals surface area contributed by atoms with Crippen molar-refractivity contribution in [2.45, 2.75) is 26.3 Å². The van der Waals surface area contributed by atoms with Crippen LogP contribution in [0.3, 0.4) is 0 Å². The Morgan fingerprint density at radius 3 is 2.38 bits per heavy atom. The molecule has 5 nitrogen and oxygen atoms in total. The maximum atomic E-state index is 12.6. The topological polar surface area (TPSA) is 68.0 Å². The second kappa shape index (κ2) is 7.08. The van der Waals surface area contributed by atoms with Crippen molar-refractivity contribution in [3.63, 3.8) is 0 Å². The van der Waals surface area contributed by atoms with Crippen LogP contribution >= 0.6 is 0 Å². The van der Waals surface area contributed by atoms with E-state index in [-0.39, 0.29) is 18.4 Å². The van der Waals surface area contributed by atoms with Crippen molar-refractivity contribution in [3.8, 4) is 0 Å². The summed E-state index contributed by atoms with van der Waals surface area (Å²) in [5, 5.41) is 7.01. The predicted octanol–water partition coefficient (Wildman–Crippen LogP) is 3.13. The molecule has 1 amide bonds. The van der Waals surface area contributed by atoms with Crippen LogP contribution < -0.4 is 5.32 Å². The van der Waals surface area contributed by atoms with Crippen LogP contribution in [0.25, 0.3) is 0 Å². The molecular weight excluding hydrogens is 302 g/mol. The molecule has 1 atom stereocenters. The Kier molecular flexibility index (Phi) is 4.70. The molecule has 0 saturated carbocycles. The Labute approximate surface area is 140 Å². The molecule has 0 spiro atoms. The van der Waals surface area contributed by atoms with Gasteiger partial charge in [0.2, 0.25) is 5.91 Å². The zero-order valence-electron chi connectivity index (χ0n) is 13.7. The van der Waals surface area contributed by atoms with E-state index in [0.717, 1.165) is 22.4 Å². The average molecular weight is 321 g/mol. The monoisotopic (exact) mass is 321 g/mol. The van der Waals surface area contributed by atoms with Crippen molar-refractivity contribution >= 4 is 5.91 Å². The van der Waals surface area contributed by atoms with E-state index in [1.807, 2.05) is 56.3 Å². The molecule has 5 heteroatoms. The summed E-state index contributed by atoms with van der Waals surface area (Å²) >= 11 is 0. The van der Waals surface area contributed by atoms with Gasteiger partial charge in [0.15, 0.2) is 0 Å². The lowest BCUT2D eigenvalue weighted by atomic mass is 9.99. The molecule has 2 aromatic heterocycles. The smallest absolute Gasteiger partial charge is 0.225 e. The summed E-state index contributed by atoms with van der Waals surface area (Å²) in [4.78, 5) is 16.6. The summed E-state index contributed by atoms with van der Waals surface area (Å²) in [6, 6.07) is 13.5. The van der Waals surface area contributed by atoms with E-state index in [2.05, 4.69) is 15.5 Å². The van der Waals surface area contributed by atoms with E-state index in [0.29, 0.717) is 5.76 Å². The molecule has 1 N–H and O–H groups in total. The lowest BCUT2D eigenvalue weighted by Gasteiger charge is -2.19. The summed E-state index contributed by atoms with van der Waals surface area (Å²) < 4.78 is 5.13. The second-order valence-electron chi connectivity index (χ2n) is 5.67. The standard InChI is InChI=1S/C19H19N3O2/c1-13-17(14(2)24-22-13)12-18(23)21-19(15-6-4-3-5-7-15)16-8-10-20-11-9-16/h3-11,19H,12H2,1-2H3,(H,21,23). The van der Waals surface area contributed by atoms with Gasteiger partial charge in [-0.1, -0.05) is 35.5 Å². The van der Waals surface area contributed by atoms with Crippen LogP contribution in [0, 0.1) is 13.8 Å². The minimum atomic E-state index is -0.220. The Hall–Kier alpha value is -2.95. The van der Waals surface area contributed by atoms with Gasteiger partial charge < -0.3 is 9.84 Å². The number of aromatic nitrogens is 2. The number of amides is 1. The highest BCUT2D eigenvalue weighted by Crippen LogP contribution is 2.22. The van der Waals surface area contributed by atoms with E-state index in [9.17, 15) is 4.79 Å². The first kappa shape index (κ1) is 15.9. The maximum Gasteiger partial charge on any atom is 0.225 e. The molecule has 3 rings (SSSR count). The van der Waals surface area contributed by atoms with Gasteiger partial charge in [-0.15, -0.1) is 0 Å². The zero-order valence-corrected chi connectivity index (χ0v) is 13.7. The number of aryl methyl sites for hydroxylation is 2. The Morgan fingerprint density at radius 1 is 1.08 bits per heavy atom. The fourth-order valence-corrected chi connectivity index (χ4v) is 2.69. The summed E-state index contributed by atoms with van der Waals surface area (Å²) in [5.41, 5.74) is 3.61. The average Bonchev–Trinajstić information content (AvgIpc) is 2.93. The number of nitrogens with one attached hydrogen (secondary N) is 1. The summed E-state index contributed by atoms with van der Waals surface area (Å²) in [6.45, 7) is 3.66. The maximum absolute atomic E-state index is 12.6. The van der Waals surface area contributed by atoms with Crippen molar-refractivity contribution < 1.29 is 9.32 Å². The highest BCUT2D eigenvalue weighted by molar-refractivity contribution is 5.80. The third-order valence-electron chi connectivity index (χ3n) is 4.00. The number of nitrogens with zero attached hydrogens (tertiary/aromatic N) is 2. The van der Waals surface area contributed by atoms with Crippen LogP contribution in [0.4, 0.5) is 0 Å². The molecule has 0 radical (unpaired) electrons. The van der Waals surface area contributed by atoms with E-state index in [1.165, 1.54) is 0 Å². The first-order valence-electron chi connectivity index (χ1n) is 7.81. The number of carbonyl (C=O) groups is 1. The number of hydrogen-bond donors (Lipinski definition) is 1. The Bertz CT molecular complexity index is 754. The molecule has 1 aromatic carbocycles. The molecule has 3 aromatic rings. The number of rotatable bonds is 5. The minimum Gasteiger partial charge on any atom is -0.361 e. The molecule has 0 aliphatic heterocycles. The van der Waals surface area contributed by atoms with Crippen molar-refractivity contribution in [2.24, 2.45) is 0 Å². The van der Waals surface area contributed by atoms with Crippen LogP contribution in [-0.4, -0.2) is 16.0 Å². The van der Waals surface area contributed by atoms with E-state index in [4.69, 9.17) is 4.52 Å². The summed E-state index contributed by atoms with van der Waals surface area (Å²) in [5.74, 6) is 0.609. The highest BCUT2D eigenvalue weighted by atomic mass is 16.5. The molecule has 0 bridgehead atoms. The van der Waals surface area contributed by atoms with Gasteiger partial charge in [-0.2, -0.15) is 0 Å². The van der Waals surface area contributed by atoms with Crippen LogP contribution in [0.15, 0.2) is 59.4 Å². The molecule has 0 aliphatic carbocycles. The van der Waals surface area contributed by atoms with Crippen molar-refractivity contribution in [3.05, 3.63) is 83.0 Å². The second-order valence-corrected chi connectivity index (χ2v) is 5.67. The van der Waals surface area contributed by atoms with Gasteiger partial charge in [-0.05, 0) is 37.1 Å². The number of hydrogen-bond acceptors (Lipinski definition) is 4. The lowest BCUT2D eigenvalue weighted by molar-refractivity contribution is -0.121. The normalized spacial score (nSPS) is 11.9. The van der Waals surface area contributed by atoms with E-state index >= 15 is 0 Å². The fraction of sp³-hybridized carbons (Fsp3) is 0.211. The number of pyridine rings is 1. The molecule has 2 heterocycles. The summed E-state index contributed by atoms with van der Waals surface area (Å²) in [7, 11) is 0. The van der Waals surface area contributed by atoms with Crippen LogP contribution in [0.5, 0.6) is 0 Å². The molecule has 0 saturated heterocycles. The van der Waals surface area contributed by atoms with Crippen LogP contribution in [0.2, 0.25) is 0 Å². The number of carbonyl (C=O) groups excluding carboxylic acids is 1. The van der Waals surface area contributed by atoms with Crippen LogP contribution in [-0.2, 0) is 11.2 Å². The SMILES string of the molecule is Cc1noc(C)c1CC(=O)NC(c1ccccc1)c1ccncc1. The molecular formula is C19H19N3O2.